The monoisotopic (exact) mass is 427 g/mol. The SMILES string of the molecule is Cc1cc(C)n(-c2cccc(C(=O)Nc3cc(Oc4ccccc4)ccc3C(=O)O)c2)n1. The molecule has 4 aromatic rings. The fourth-order valence-corrected chi connectivity index (χ4v) is 3.37. The fraction of sp³-hybridized carbons (Fsp3) is 0.0800. The molecule has 160 valence electrons. The molecule has 0 atom stereocenters. The molecular weight excluding hydrogens is 406 g/mol. The lowest BCUT2D eigenvalue weighted by atomic mass is 10.1. The quantitative estimate of drug-likeness (QED) is 0.439. The number of hydrogen-bond donors (Lipinski definition) is 2. The summed E-state index contributed by atoms with van der Waals surface area (Å²) in [7, 11) is 0. The van der Waals surface area contributed by atoms with Crippen molar-refractivity contribution in [1.82, 2.24) is 9.78 Å². The van der Waals surface area contributed by atoms with Gasteiger partial charge in [0, 0.05) is 17.3 Å². The van der Waals surface area contributed by atoms with Gasteiger partial charge in [-0.1, -0.05) is 24.3 Å². The van der Waals surface area contributed by atoms with Crippen LogP contribution in [0.25, 0.3) is 5.69 Å². The van der Waals surface area contributed by atoms with Crippen LogP contribution in [-0.2, 0) is 0 Å². The molecule has 4 rings (SSSR count). The Balaban J connectivity index is 1.62. The van der Waals surface area contributed by atoms with E-state index in [0.29, 0.717) is 17.1 Å². The first kappa shape index (κ1) is 20.9. The first-order valence-corrected chi connectivity index (χ1v) is 9.96. The van der Waals surface area contributed by atoms with Gasteiger partial charge >= 0.3 is 5.97 Å². The molecule has 0 radical (unpaired) electrons. The molecule has 0 saturated carbocycles. The summed E-state index contributed by atoms with van der Waals surface area (Å²) in [6.07, 6.45) is 0. The second-order valence-corrected chi connectivity index (χ2v) is 7.27. The Morgan fingerprint density at radius 1 is 0.906 bits per heavy atom. The van der Waals surface area contributed by atoms with Gasteiger partial charge in [-0.2, -0.15) is 5.10 Å². The molecule has 0 fully saturated rings. The van der Waals surface area contributed by atoms with E-state index in [1.165, 1.54) is 12.1 Å². The predicted molar refractivity (Wildman–Crippen MR) is 121 cm³/mol. The number of para-hydroxylation sites is 1. The number of aryl methyl sites for hydroxylation is 2. The maximum absolute atomic E-state index is 13.0. The third-order valence-electron chi connectivity index (χ3n) is 4.81. The van der Waals surface area contributed by atoms with E-state index in [2.05, 4.69) is 10.4 Å². The van der Waals surface area contributed by atoms with Gasteiger partial charge in [0.1, 0.15) is 11.5 Å². The van der Waals surface area contributed by atoms with Crippen LogP contribution in [0.3, 0.4) is 0 Å². The average molecular weight is 427 g/mol. The minimum Gasteiger partial charge on any atom is -0.478 e. The van der Waals surface area contributed by atoms with Gasteiger partial charge in [-0.25, -0.2) is 9.48 Å². The van der Waals surface area contributed by atoms with Gasteiger partial charge in [0.25, 0.3) is 5.91 Å². The largest absolute Gasteiger partial charge is 0.478 e. The highest BCUT2D eigenvalue weighted by Crippen LogP contribution is 2.27. The van der Waals surface area contributed by atoms with E-state index in [0.717, 1.165) is 17.1 Å². The van der Waals surface area contributed by atoms with Gasteiger partial charge in [0.15, 0.2) is 0 Å². The number of carbonyl (C=O) groups excluding carboxylic acids is 1. The number of nitrogens with one attached hydrogen (secondary N) is 1. The van der Waals surface area contributed by atoms with E-state index in [4.69, 9.17) is 4.74 Å². The topological polar surface area (TPSA) is 93.5 Å². The minimum atomic E-state index is -1.15. The standard InChI is InChI=1S/C25H21N3O4/c1-16-13-17(2)28(27-16)19-8-6-7-18(14-19)24(29)26-23-15-21(11-12-22(23)25(30)31)32-20-9-4-3-5-10-20/h3-15H,1-2H3,(H,26,29)(H,30,31). The zero-order valence-electron chi connectivity index (χ0n) is 17.6. The molecule has 2 N–H and O–H groups in total. The van der Waals surface area contributed by atoms with Crippen LogP contribution >= 0.6 is 0 Å². The van der Waals surface area contributed by atoms with Crippen LogP contribution < -0.4 is 10.1 Å². The molecule has 0 bridgehead atoms. The first-order chi connectivity index (χ1) is 15.4. The summed E-state index contributed by atoms with van der Waals surface area (Å²) in [6, 6.07) is 22.5. The van der Waals surface area contributed by atoms with Crippen LogP contribution in [0.2, 0.25) is 0 Å². The zero-order chi connectivity index (χ0) is 22.7. The average Bonchev–Trinajstić information content (AvgIpc) is 3.12. The molecule has 1 amide bonds. The zero-order valence-corrected chi connectivity index (χ0v) is 17.6. The molecule has 0 aliphatic heterocycles. The second kappa shape index (κ2) is 8.77. The van der Waals surface area contributed by atoms with Gasteiger partial charge in [-0.05, 0) is 62.4 Å². The van der Waals surface area contributed by atoms with Crippen LogP contribution in [0.15, 0.2) is 78.9 Å². The summed E-state index contributed by atoms with van der Waals surface area (Å²) in [5.74, 6) is -0.575. The molecule has 0 aliphatic carbocycles. The number of amides is 1. The van der Waals surface area contributed by atoms with Gasteiger partial charge in [0.2, 0.25) is 0 Å². The van der Waals surface area contributed by atoms with Crippen molar-refractivity contribution >= 4 is 17.6 Å². The van der Waals surface area contributed by atoms with Gasteiger partial charge < -0.3 is 15.2 Å². The number of carboxylic acids is 1. The first-order valence-electron chi connectivity index (χ1n) is 9.96. The molecule has 0 unspecified atom stereocenters. The number of ether oxygens (including phenoxy) is 1. The van der Waals surface area contributed by atoms with Crippen LogP contribution in [0.1, 0.15) is 32.1 Å². The van der Waals surface area contributed by atoms with E-state index >= 15 is 0 Å². The Kier molecular flexibility index (Phi) is 5.72. The Hall–Kier alpha value is -4.39. The summed E-state index contributed by atoms with van der Waals surface area (Å²) in [5.41, 5.74) is 3.04. The van der Waals surface area contributed by atoms with Crippen molar-refractivity contribution in [2.75, 3.05) is 5.32 Å². The van der Waals surface area contributed by atoms with Crippen LogP contribution in [-0.4, -0.2) is 26.8 Å². The Morgan fingerprint density at radius 3 is 2.38 bits per heavy atom. The molecule has 0 spiro atoms. The summed E-state index contributed by atoms with van der Waals surface area (Å²) in [5, 5.41) is 16.7. The lowest BCUT2D eigenvalue weighted by Gasteiger charge is -2.12. The molecule has 7 heteroatoms. The third-order valence-corrected chi connectivity index (χ3v) is 4.81. The highest BCUT2D eigenvalue weighted by atomic mass is 16.5. The summed E-state index contributed by atoms with van der Waals surface area (Å²) in [6.45, 7) is 3.84. The van der Waals surface area contributed by atoms with Crippen molar-refractivity contribution in [1.29, 1.82) is 0 Å². The van der Waals surface area contributed by atoms with Crippen molar-refractivity contribution in [3.8, 4) is 17.2 Å². The van der Waals surface area contributed by atoms with E-state index in [1.54, 1.807) is 41.1 Å². The molecule has 0 saturated heterocycles. The summed E-state index contributed by atoms with van der Waals surface area (Å²) in [4.78, 5) is 24.6. The number of carbonyl (C=O) groups is 2. The van der Waals surface area contributed by atoms with E-state index in [9.17, 15) is 14.7 Å². The van der Waals surface area contributed by atoms with E-state index in [1.807, 2.05) is 44.2 Å². The molecule has 1 heterocycles. The minimum absolute atomic E-state index is 0.0338. The van der Waals surface area contributed by atoms with Crippen molar-refractivity contribution in [3.63, 3.8) is 0 Å². The second-order valence-electron chi connectivity index (χ2n) is 7.27. The molecule has 3 aromatic carbocycles. The van der Waals surface area contributed by atoms with Gasteiger partial charge in [0.05, 0.1) is 22.6 Å². The molecular formula is C25H21N3O4. The number of aromatic nitrogens is 2. The molecule has 0 aliphatic rings. The lowest BCUT2D eigenvalue weighted by molar-refractivity contribution is 0.0698. The summed E-state index contributed by atoms with van der Waals surface area (Å²) >= 11 is 0. The number of hydrogen-bond acceptors (Lipinski definition) is 4. The van der Waals surface area contributed by atoms with Crippen molar-refractivity contribution in [3.05, 3.63) is 101 Å². The number of benzene rings is 3. The third kappa shape index (κ3) is 4.52. The molecule has 32 heavy (non-hydrogen) atoms. The molecule has 7 nitrogen and oxygen atoms in total. The molecule has 1 aromatic heterocycles. The van der Waals surface area contributed by atoms with E-state index in [-0.39, 0.29) is 11.3 Å². The number of aromatic carboxylic acids is 1. The Bertz CT molecular complexity index is 1300. The summed E-state index contributed by atoms with van der Waals surface area (Å²) < 4.78 is 7.53. The Labute approximate surface area is 184 Å². The number of rotatable bonds is 6. The van der Waals surface area contributed by atoms with Crippen LogP contribution in [0, 0.1) is 13.8 Å². The van der Waals surface area contributed by atoms with Gasteiger partial charge in [-0.3, -0.25) is 4.79 Å². The Morgan fingerprint density at radius 2 is 1.69 bits per heavy atom. The maximum Gasteiger partial charge on any atom is 0.337 e. The lowest BCUT2D eigenvalue weighted by Crippen LogP contribution is -2.15. The van der Waals surface area contributed by atoms with Crippen molar-refractivity contribution in [2.24, 2.45) is 0 Å². The number of carboxylic acid groups (broad SMARTS) is 1. The van der Waals surface area contributed by atoms with Crippen LogP contribution in [0.5, 0.6) is 11.5 Å². The fourth-order valence-electron chi connectivity index (χ4n) is 3.37. The smallest absolute Gasteiger partial charge is 0.337 e. The maximum atomic E-state index is 13.0. The highest BCUT2D eigenvalue weighted by molar-refractivity contribution is 6.08. The number of nitrogens with zero attached hydrogens (tertiary/aromatic N) is 2. The van der Waals surface area contributed by atoms with E-state index < -0.39 is 11.9 Å². The van der Waals surface area contributed by atoms with Crippen molar-refractivity contribution < 1.29 is 19.4 Å². The number of anilines is 1. The normalized spacial score (nSPS) is 10.6. The van der Waals surface area contributed by atoms with Gasteiger partial charge in [-0.15, -0.1) is 0 Å². The van der Waals surface area contributed by atoms with Crippen LogP contribution in [0.4, 0.5) is 5.69 Å². The predicted octanol–water partition coefficient (Wildman–Crippen LogP) is 5.23. The highest BCUT2D eigenvalue weighted by Gasteiger charge is 2.16. The van der Waals surface area contributed by atoms with Crippen molar-refractivity contribution in [2.45, 2.75) is 13.8 Å².